The Morgan fingerprint density at radius 3 is 2.67 bits per heavy atom. The van der Waals surface area contributed by atoms with Crippen molar-refractivity contribution in [3.05, 3.63) is 65.5 Å². The standard InChI is InChI=1S/C23H27FN2O/c1-16-6-4-7-17(12-16)22(27)25-11-10-21-18(15-25)14-23(2,3)26(21)20-9-5-8-19(24)13-20/h4-9,12-13,18,21H,10-11,14-15H2,1-3H3/t18-,21+/m1/s1. The predicted molar refractivity (Wildman–Crippen MR) is 107 cm³/mol. The number of anilines is 1. The van der Waals surface area contributed by atoms with Crippen molar-refractivity contribution in [2.24, 2.45) is 5.92 Å². The lowest BCUT2D eigenvalue weighted by molar-refractivity contribution is 0.0667. The number of amides is 1. The van der Waals surface area contributed by atoms with Crippen LogP contribution in [-0.2, 0) is 0 Å². The Kier molecular flexibility index (Phi) is 4.45. The Labute approximate surface area is 160 Å². The quantitative estimate of drug-likeness (QED) is 0.772. The average Bonchev–Trinajstić information content (AvgIpc) is 2.89. The molecule has 0 unspecified atom stereocenters. The van der Waals surface area contributed by atoms with Crippen molar-refractivity contribution in [3.63, 3.8) is 0 Å². The molecule has 142 valence electrons. The van der Waals surface area contributed by atoms with E-state index in [1.54, 1.807) is 12.1 Å². The summed E-state index contributed by atoms with van der Waals surface area (Å²) >= 11 is 0. The number of hydrogen-bond acceptors (Lipinski definition) is 2. The van der Waals surface area contributed by atoms with Gasteiger partial charge in [0, 0.05) is 35.9 Å². The van der Waals surface area contributed by atoms with E-state index in [1.165, 1.54) is 6.07 Å². The molecule has 0 bridgehead atoms. The molecular weight excluding hydrogens is 339 g/mol. The molecule has 2 aliphatic rings. The van der Waals surface area contributed by atoms with Gasteiger partial charge in [-0.25, -0.2) is 4.39 Å². The largest absolute Gasteiger partial charge is 0.363 e. The summed E-state index contributed by atoms with van der Waals surface area (Å²) in [5, 5.41) is 0. The smallest absolute Gasteiger partial charge is 0.253 e. The SMILES string of the molecule is Cc1cccc(C(=O)N2CC[C@H]3[C@@H](C2)CC(C)(C)N3c2cccc(F)c2)c1. The maximum atomic E-state index is 13.8. The number of aryl methyl sites for hydroxylation is 1. The van der Waals surface area contributed by atoms with Gasteiger partial charge in [-0.3, -0.25) is 4.79 Å². The maximum absolute atomic E-state index is 13.8. The molecule has 2 aromatic carbocycles. The zero-order valence-corrected chi connectivity index (χ0v) is 16.3. The van der Waals surface area contributed by atoms with E-state index >= 15 is 0 Å². The van der Waals surface area contributed by atoms with Crippen LogP contribution in [0.1, 0.15) is 42.6 Å². The van der Waals surface area contributed by atoms with E-state index in [2.05, 4.69) is 18.7 Å². The minimum absolute atomic E-state index is 0.0501. The van der Waals surface area contributed by atoms with Crippen LogP contribution in [0.15, 0.2) is 48.5 Å². The monoisotopic (exact) mass is 366 g/mol. The van der Waals surface area contributed by atoms with Gasteiger partial charge < -0.3 is 9.80 Å². The zero-order valence-electron chi connectivity index (χ0n) is 16.3. The van der Waals surface area contributed by atoms with Crippen LogP contribution in [0.5, 0.6) is 0 Å². The molecule has 4 rings (SSSR count). The molecule has 0 aromatic heterocycles. The van der Waals surface area contributed by atoms with E-state index in [9.17, 15) is 9.18 Å². The second-order valence-electron chi connectivity index (χ2n) is 8.60. The highest BCUT2D eigenvalue weighted by Crippen LogP contribution is 2.44. The second kappa shape index (κ2) is 6.66. The first kappa shape index (κ1) is 18.0. The van der Waals surface area contributed by atoms with Gasteiger partial charge in [0.1, 0.15) is 5.82 Å². The summed E-state index contributed by atoms with van der Waals surface area (Å²) in [6.07, 6.45) is 1.92. The van der Waals surface area contributed by atoms with E-state index in [0.29, 0.717) is 12.0 Å². The Morgan fingerprint density at radius 1 is 1.15 bits per heavy atom. The van der Waals surface area contributed by atoms with Crippen LogP contribution >= 0.6 is 0 Å². The van der Waals surface area contributed by atoms with Gasteiger partial charge in [-0.05, 0) is 69.9 Å². The highest BCUT2D eigenvalue weighted by molar-refractivity contribution is 5.94. The number of piperidine rings is 1. The van der Waals surface area contributed by atoms with Crippen LogP contribution < -0.4 is 4.90 Å². The summed E-state index contributed by atoms with van der Waals surface area (Å²) in [5.74, 6) is 0.337. The van der Waals surface area contributed by atoms with E-state index in [0.717, 1.165) is 42.7 Å². The fraction of sp³-hybridized carbons (Fsp3) is 0.435. The van der Waals surface area contributed by atoms with E-state index in [-0.39, 0.29) is 17.3 Å². The normalized spacial score (nSPS) is 24.0. The number of benzene rings is 2. The number of likely N-dealkylation sites (tertiary alicyclic amines) is 1. The zero-order chi connectivity index (χ0) is 19.2. The fourth-order valence-electron chi connectivity index (χ4n) is 5.06. The summed E-state index contributed by atoms with van der Waals surface area (Å²) in [6, 6.07) is 15.1. The highest BCUT2D eigenvalue weighted by atomic mass is 19.1. The molecule has 0 radical (unpaired) electrons. The summed E-state index contributed by atoms with van der Waals surface area (Å²) in [7, 11) is 0. The lowest BCUT2D eigenvalue weighted by Crippen LogP contribution is -2.50. The van der Waals surface area contributed by atoms with E-state index < -0.39 is 0 Å². The highest BCUT2D eigenvalue weighted by Gasteiger charge is 2.48. The first-order chi connectivity index (χ1) is 12.8. The van der Waals surface area contributed by atoms with Crippen LogP contribution in [0.4, 0.5) is 10.1 Å². The lowest BCUT2D eigenvalue weighted by Gasteiger charge is -2.42. The number of rotatable bonds is 2. The Bertz CT molecular complexity index is 863. The van der Waals surface area contributed by atoms with Gasteiger partial charge in [0.25, 0.3) is 5.91 Å². The summed E-state index contributed by atoms with van der Waals surface area (Å²) < 4.78 is 13.8. The van der Waals surface area contributed by atoms with Crippen molar-refractivity contribution in [1.29, 1.82) is 0 Å². The molecule has 2 fully saturated rings. The number of hydrogen-bond donors (Lipinski definition) is 0. The molecule has 0 N–H and O–H groups in total. The van der Waals surface area contributed by atoms with Crippen LogP contribution in [-0.4, -0.2) is 35.5 Å². The van der Waals surface area contributed by atoms with Gasteiger partial charge in [0.2, 0.25) is 0 Å². The van der Waals surface area contributed by atoms with Gasteiger partial charge in [-0.2, -0.15) is 0 Å². The molecule has 2 aromatic rings. The lowest BCUT2D eigenvalue weighted by atomic mass is 9.89. The third-order valence-electron chi connectivity index (χ3n) is 6.08. The first-order valence-electron chi connectivity index (χ1n) is 9.76. The van der Waals surface area contributed by atoms with Crippen molar-refractivity contribution in [2.45, 2.75) is 45.2 Å². The summed E-state index contributed by atoms with van der Waals surface area (Å²) in [5.41, 5.74) is 2.78. The molecule has 2 saturated heterocycles. The van der Waals surface area contributed by atoms with Crippen molar-refractivity contribution in [3.8, 4) is 0 Å². The van der Waals surface area contributed by atoms with Gasteiger partial charge >= 0.3 is 0 Å². The van der Waals surface area contributed by atoms with Crippen molar-refractivity contribution < 1.29 is 9.18 Å². The maximum Gasteiger partial charge on any atom is 0.253 e. The van der Waals surface area contributed by atoms with E-state index in [1.807, 2.05) is 42.2 Å². The Morgan fingerprint density at radius 2 is 1.93 bits per heavy atom. The molecule has 0 saturated carbocycles. The number of carbonyl (C=O) groups is 1. The van der Waals surface area contributed by atoms with Gasteiger partial charge in [-0.1, -0.05) is 23.8 Å². The average molecular weight is 366 g/mol. The number of carbonyl (C=O) groups excluding carboxylic acids is 1. The molecule has 2 heterocycles. The number of nitrogens with zero attached hydrogens (tertiary/aromatic N) is 2. The third kappa shape index (κ3) is 3.33. The fourth-order valence-corrected chi connectivity index (χ4v) is 5.06. The third-order valence-corrected chi connectivity index (χ3v) is 6.08. The Hall–Kier alpha value is -2.36. The topological polar surface area (TPSA) is 23.6 Å². The van der Waals surface area contributed by atoms with Crippen molar-refractivity contribution in [1.82, 2.24) is 4.90 Å². The predicted octanol–water partition coefficient (Wildman–Crippen LogP) is 4.65. The van der Waals surface area contributed by atoms with Crippen molar-refractivity contribution in [2.75, 3.05) is 18.0 Å². The first-order valence-corrected chi connectivity index (χ1v) is 9.76. The molecule has 2 aliphatic heterocycles. The van der Waals surface area contributed by atoms with Crippen LogP contribution in [0.3, 0.4) is 0 Å². The van der Waals surface area contributed by atoms with E-state index in [4.69, 9.17) is 0 Å². The molecule has 4 heteroatoms. The van der Waals surface area contributed by atoms with Gasteiger partial charge in [0.15, 0.2) is 0 Å². The van der Waals surface area contributed by atoms with Crippen LogP contribution in [0, 0.1) is 18.7 Å². The summed E-state index contributed by atoms with van der Waals surface area (Å²) in [4.78, 5) is 17.3. The van der Waals surface area contributed by atoms with Crippen molar-refractivity contribution >= 4 is 11.6 Å². The van der Waals surface area contributed by atoms with Gasteiger partial charge in [0.05, 0.1) is 0 Å². The minimum Gasteiger partial charge on any atom is -0.363 e. The van der Waals surface area contributed by atoms with Crippen LogP contribution in [0.2, 0.25) is 0 Å². The van der Waals surface area contributed by atoms with Crippen LogP contribution in [0.25, 0.3) is 0 Å². The molecule has 0 aliphatic carbocycles. The molecule has 0 spiro atoms. The molecular formula is C23H27FN2O. The molecule has 3 nitrogen and oxygen atoms in total. The number of fused-ring (bicyclic) bond motifs is 1. The second-order valence-corrected chi connectivity index (χ2v) is 8.60. The Balaban J connectivity index is 1.55. The molecule has 2 atom stereocenters. The van der Waals surface area contributed by atoms with Gasteiger partial charge in [-0.15, -0.1) is 0 Å². The number of halogens is 1. The molecule has 27 heavy (non-hydrogen) atoms. The minimum atomic E-state index is -0.196. The molecule has 1 amide bonds. The summed E-state index contributed by atoms with van der Waals surface area (Å²) in [6.45, 7) is 7.98.